The Morgan fingerprint density at radius 3 is 2.71 bits per heavy atom. The van der Waals surface area contributed by atoms with Crippen molar-refractivity contribution in [1.82, 2.24) is 4.90 Å². The first kappa shape index (κ1) is 13.4. The van der Waals surface area contributed by atoms with Crippen molar-refractivity contribution >= 4 is 44.8 Å². The van der Waals surface area contributed by atoms with E-state index in [1.165, 1.54) is 11.3 Å². The molecular weight excluding hydrogens is 322 g/mol. The average molecular weight is 337 g/mol. The minimum absolute atomic E-state index is 0.0886. The summed E-state index contributed by atoms with van der Waals surface area (Å²) in [5.74, 6) is 0.767. The molecule has 0 radical (unpaired) electrons. The molecule has 1 unspecified atom stereocenters. The van der Waals surface area contributed by atoms with E-state index in [1.807, 2.05) is 10.3 Å². The van der Waals surface area contributed by atoms with E-state index < -0.39 is 0 Å². The number of rotatable bonds is 2. The van der Waals surface area contributed by atoms with Gasteiger partial charge in [0.2, 0.25) is 0 Å². The molecule has 2 heterocycles. The zero-order chi connectivity index (χ0) is 12.4. The number of hydrogen-bond donors (Lipinski definition) is 0. The van der Waals surface area contributed by atoms with Gasteiger partial charge >= 0.3 is 0 Å². The number of likely N-dealkylation sites (tertiary alicyclic amines) is 1. The second-order valence-corrected chi connectivity index (χ2v) is 7.17. The monoisotopic (exact) mass is 335 g/mol. The molecule has 0 saturated carbocycles. The maximum Gasteiger partial charge on any atom is 0.265 e. The molecule has 1 aliphatic rings. The van der Waals surface area contributed by atoms with E-state index in [0.717, 1.165) is 25.9 Å². The fourth-order valence-corrected chi connectivity index (χ4v) is 3.78. The Kier molecular flexibility index (Phi) is 4.50. The molecule has 0 N–H and O–H groups in total. The van der Waals surface area contributed by atoms with Crippen molar-refractivity contribution in [1.29, 1.82) is 0 Å². The van der Waals surface area contributed by atoms with Crippen LogP contribution in [0.2, 0.25) is 5.02 Å². The lowest BCUT2D eigenvalue weighted by Crippen LogP contribution is -2.39. The van der Waals surface area contributed by atoms with E-state index in [1.54, 1.807) is 6.07 Å². The minimum Gasteiger partial charge on any atom is -0.338 e. The van der Waals surface area contributed by atoms with Gasteiger partial charge < -0.3 is 4.90 Å². The van der Waals surface area contributed by atoms with Crippen LogP contribution in [-0.4, -0.2) is 28.7 Å². The predicted molar refractivity (Wildman–Crippen MR) is 76.3 cm³/mol. The van der Waals surface area contributed by atoms with Crippen molar-refractivity contribution in [3.05, 3.63) is 21.3 Å². The zero-order valence-corrected chi connectivity index (χ0v) is 12.8. The lowest BCUT2D eigenvalue weighted by Gasteiger charge is -2.33. The lowest BCUT2D eigenvalue weighted by molar-refractivity contribution is 0.0696. The predicted octanol–water partition coefficient (Wildman–Crippen LogP) is 4.04. The van der Waals surface area contributed by atoms with Crippen LogP contribution in [-0.2, 0) is 0 Å². The molecular formula is C12H15BrClNOS. The topological polar surface area (TPSA) is 20.3 Å². The second-order valence-electron chi connectivity index (χ2n) is 4.40. The van der Waals surface area contributed by atoms with Crippen LogP contribution >= 0.6 is 38.9 Å². The Balaban J connectivity index is 1.98. The molecule has 2 rings (SSSR count). The maximum atomic E-state index is 12.2. The quantitative estimate of drug-likeness (QED) is 0.747. The van der Waals surface area contributed by atoms with Crippen molar-refractivity contribution in [3.63, 3.8) is 0 Å². The van der Waals surface area contributed by atoms with Gasteiger partial charge in [0.15, 0.2) is 0 Å². The number of hydrogen-bond acceptors (Lipinski definition) is 2. The molecule has 1 aromatic heterocycles. The normalized spacial score (nSPS) is 19.4. The summed E-state index contributed by atoms with van der Waals surface area (Å²) >= 11 is 11.0. The van der Waals surface area contributed by atoms with E-state index in [2.05, 4.69) is 22.9 Å². The molecule has 5 heteroatoms. The van der Waals surface area contributed by atoms with Gasteiger partial charge in [-0.3, -0.25) is 4.79 Å². The van der Waals surface area contributed by atoms with Crippen LogP contribution < -0.4 is 0 Å². The summed E-state index contributed by atoms with van der Waals surface area (Å²) in [6.07, 6.45) is 2.14. The first-order valence-electron chi connectivity index (χ1n) is 5.76. The van der Waals surface area contributed by atoms with Crippen molar-refractivity contribution < 1.29 is 4.79 Å². The summed E-state index contributed by atoms with van der Waals surface area (Å²) in [6, 6.07) is 1.78. The molecule has 94 valence electrons. The van der Waals surface area contributed by atoms with Gasteiger partial charge in [0.1, 0.15) is 4.88 Å². The van der Waals surface area contributed by atoms with Gasteiger partial charge in [0.05, 0.1) is 5.02 Å². The smallest absolute Gasteiger partial charge is 0.265 e. The van der Waals surface area contributed by atoms with Gasteiger partial charge in [-0.15, -0.1) is 11.3 Å². The van der Waals surface area contributed by atoms with E-state index in [4.69, 9.17) is 11.6 Å². The van der Waals surface area contributed by atoms with E-state index in [-0.39, 0.29) is 5.91 Å². The van der Waals surface area contributed by atoms with Crippen LogP contribution in [0, 0.1) is 5.92 Å². The van der Waals surface area contributed by atoms with Crippen molar-refractivity contribution in [2.75, 3.05) is 13.1 Å². The molecule has 0 aromatic carbocycles. The zero-order valence-electron chi connectivity index (χ0n) is 9.66. The number of amides is 1. The SMILES string of the molecule is CC(Br)C1CCN(C(=O)c2sccc2Cl)CC1. The number of halogens is 2. The standard InChI is InChI=1S/C12H15BrClNOS/c1-8(13)9-2-5-15(6-3-9)12(16)11-10(14)4-7-17-11/h4,7-9H,2-3,5-6H2,1H3. The van der Waals surface area contributed by atoms with Crippen LogP contribution in [0.25, 0.3) is 0 Å². The Morgan fingerprint density at radius 1 is 1.59 bits per heavy atom. The second kappa shape index (κ2) is 5.72. The van der Waals surface area contributed by atoms with E-state index >= 15 is 0 Å². The largest absolute Gasteiger partial charge is 0.338 e. The van der Waals surface area contributed by atoms with Crippen molar-refractivity contribution in [2.24, 2.45) is 5.92 Å². The summed E-state index contributed by atoms with van der Waals surface area (Å²) in [4.78, 5) is 15.3. The highest BCUT2D eigenvalue weighted by molar-refractivity contribution is 9.09. The van der Waals surface area contributed by atoms with Gasteiger partial charge in [-0.05, 0) is 30.2 Å². The van der Waals surface area contributed by atoms with Crippen molar-refractivity contribution in [2.45, 2.75) is 24.6 Å². The number of alkyl halides is 1. The Hall–Kier alpha value is -0.0600. The first-order chi connectivity index (χ1) is 8.09. The molecule has 1 saturated heterocycles. The molecule has 1 atom stereocenters. The summed E-state index contributed by atoms with van der Waals surface area (Å²) < 4.78 is 0. The van der Waals surface area contributed by atoms with Crippen LogP contribution in [0.3, 0.4) is 0 Å². The fourth-order valence-electron chi connectivity index (χ4n) is 2.15. The van der Waals surface area contributed by atoms with Crippen LogP contribution in [0.15, 0.2) is 11.4 Å². The highest BCUT2D eigenvalue weighted by Crippen LogP contribution is 2.28. The first-order valence-corrected chi connectivity index (χ1v) is 7.93. The summed E-state index contributed by atoms with van der Waals surface area (Å²) in [7, 11) is 0. The van der Waals surface area contributed by atoms with Gasteiger partial charge in [-0.2, -0.15) is 0 Å². The summed E-state index contributed by atoms with van der Waals surface area (Å²) in [5.41, 5.74) is 0. The van der Waals surface area contributed by atoms with Gasteiger partial charge in [-0.1, -0.05) is 34.5 Å². The molecule has 17 heavy (non-hydrogen) atoms. The van der Waals surface area contributed by atoms with E-state index in [0.29, 0.717) is 20.6 Å². The molecule has 0 bridgehead atoms. The highest BCUT2D eigenvalue weighted by atomic mass is 79.9. The molecule has 1 aliphatic heterocycles. The molecule has 1 amide bonds. The Labute approximate surface area is 119 Å². The van der Waals surface area contributed by atoms with Gasteiger partial charge in [0, 0.05) is 17.9 Å². The Bertz CT molecular complexity index is 399. The number of nitrogens with zero attached hydrogens (tertiary/aromatic N) is 1. The Morgan fingerprint density at radius 2 is 2.24 bits per heavy atom. The molecule has 0 aliphatic carbocycles. The third-order valence-electron chi connectivity index (χ3n) is 3.29. The summed E-state index contributed by atoms with van der Waals surface area (Å²) in [5, 5.41) is 2.44. The number of carbonyl (C=O) groups excluding carboxylic acids is 1. The average Bonchev–Trinajstić information content (AvgIpc) is 2.74. The minimum atomic E-state index is 0.0886. The maximum absolute atomic E-state index is 12.2. The molecule has 0 spiro atoms. The van der Waals surface area contributed by atoms with Crippen molar-refractivity contribution in [3.8, 4) is 0 Å². The molecule has 2 nitrogen and oxygen atoms in total. The number of piperidine rings is 1. The van der Waals surface area contributed by atoms with E-state index in [9.17, 15) is 4.79 Å². The highest BCUT2D eigenvalue weighted by Gasteiger charge is 2.27. The van der Waals surface area contributed by atoms with Crippen LogP contribution in [0.1, 0.15) is 29.4 Å². The van der Waals surface area contributed by atoms with Gasteiger partial charge in [-0.25, -0.2) is 0 Å². The molecule has 1 aromatic rings. The third-order valence-corrected chi connectivity index (χ3v) is 5.36. The van der Waals surface area contributed by atoms with Crippen LogP contribution in [0.5, 0.6) is 0 Å². The fraction of sp³-hybridized carbons (Fsp3) is 0.583. The van der Waals surface area contributed by atoms with Crippen LogP contribution in [0.4, 0.5) is 0 Å². The van der Waals surface area contributed by atoms with Gasteiger partial charge in [0.25, 0.3) is 5.91 Å². The third kappa shape index (κ3) is 3.04. The number of carbonyl (C=O) groups is 1. The summed E-state index contributed by atoms with van der Waals surface area (Å²) in [6.45, 7) is 3.86. The lowest BCUT2D eigenvalue weighted by atomic mass is 9.94. The number of thiophene rings is 1. The molecule has 1 fully saturated rings.